The number of nitrogens with zero attached hydrogens (tertiary/aromatic N) is 1. The van der Waals surface area contributed by atoms with Gasteiger partial charge in [-0.1, -0.05) is 24.6 Å². The molecule has 1 fully saturated rings. The molecule has 1 saturated heterocycles. The Kier molecular flexibility index (Phi) is 5.71. The van der Waals surface area contributed by atoms with Crippen molar-refractivity contribution in [2.24, 2.45) is 0 Å². The number of unbranched alkanes of at least 4 members (excludes halogenated alkanes) is 3. The SMILES string of the molecule is O=C1CCSC(=O)N1CCCCCCO. The van der Waals surface area contributed by atoms with Crippen molar-refractivity contribution in [2.75, 3.05) is 18.9 Å². The summed E-state index contributed by atoms with van der Waals surface area (Å²) >= 11 is 1.22. The number of carbonyl (C=O) groups excluding carboxylic acids is 2. The van der Waals surface area contributed by atoms with Crippen molar-refractivity contribution < 1.29 is 14.7 Å². The van der Waals surface area contributed by atoms with Crippen LogP contribution in [0.3, 0.4) is 0 Å². The highest BCUT2D eigenvalue weighted by atomic mass is 32.2. The quantitative estimate of drug-likeness (QED) is 0.706. The number of imide groups is 1. The topological polar surface area (TPSA) is 57.6 Å². The van der Waals surface area contributed by atoms with Crippen LogP contribution < -0.4 is 0 Å². The van der Waals surface area contributed by atoms with Gasteiger partial charge in [0.1, 0.15) is 0 Å². The summed E-state index contributed by atoms with van der Waals surface area (Å²) in [7, 11) is 0. The van der Waals surface area contributed by atoms with E-state index in [2.05, 4.69) is 0 Å². The average molecular weight is 231 g/mol. The van der Waals surface area contributed by atoms with Crippen LogP contribution in [-0.4, -0.2) is 40.1 Å². The molecular weight excluding hydrogens is 214 g/mol. The summed E-state index contributed by atoms with van der Waals surface area (Å²) in [6, 6.07) is 0. The summed E-state index contributed by atoms with van der Waals surface area (Å²) in [5.41, 5.74) is 0. The molecule has 15 heavy (non-hydrogen) atoms. The fourth-order valence-electron chi connectivity index (χ4n) is 1.49. The van der Waals surface area contributed by atoms with Crippen LogP contribution in [0.4, 0.5) is 4.79 Å². The zero-order valence-corrected chi connectivity index (χ0v) is 9.59. The maximum absolute atomic E-state index is 11.4. The van der Waals surface area contributed by atoms with Crippen molar-refractivity contribution >= 4 is 22.9 Å². The molecular formula is C10H17NO3S. The van der Waals surface area contributed by atoms with E-state index in [1.807, 2.05) is 0 Å². The molecule has 86 valence electrons. The Balaban J connectivity index is 2.18. The normalized spacial score (nSPS) is 17.3. The summed E-state index contributed by atoms with van der Waals surface area (Å²) in [4.78, 5) is 24.1. The number of amides is 2. The minimum atomic E-state index is -0.103. The minimum absolute atomic E-state index is 0.0408. The number of rotatable bonds is 6. The molecule has 1 aliphatic rings. The molecule has 1 N–H and O–H groups in total. The first-order valence-corrected chi connectivity index (χ1v) is 6.32. The van der Waals surface area contributed by atoms with Crippen molar-refractivity contribution in [3.05, 3.63) is 0 Å². The zero-order valence-electron chi connectivity index (χ0n) is 8.78. The molecule has 0 spiro atoms. The number of carbonyl (C=O) groups is 2. The highest BCUT2D eigenvalue weighted by Crippen LogP contribution is 2.18. The summed E-state index contributed by atoms with van der Waals surface area (Å²) in [6.07, 6.45) is 4.05. The predicted molar refractivity (Wildman–Crippen MR) is 59.7 cm³/mol. The van der Waals surface area contributed by atoms with E-state index in [1.165, 1.54) is 16.7 Å². The van der Waals surface area contributed by atoms with Gasteiger partial charge in [-0.05, 0) is 12.8 Å². The summed E-state index contributed by atoms with van der Waals surface area (Å²) in [5.74, 6) is 0.583. The molecule has 0 radical (unpaired) electrons. The molecule has 0 aromatic rings. The maximum Gasteiger partial charge on any atom is 0.288 e. The Morgan fingerprint density at radius 1 is 1.20 bits per heavy atom. The number of aliphatic hydroxyl groups excluding tert-OH is 1. The first-order valence-electron chi connectivity index (χ1n) is 5.33. The van der Waals surface area contributed by atoms with Crippen molar-refractivity contribution in [1.29, 1.82) is 0 Å². The van der Waals surface area contributed by atoms with E-state index >= 15 is 0 Å². The number of hydrogen-bond donors (Lipinski definition) is 1. The maximum atomic E-state index is 11.4. The van der Waals surface area contributed by atoms with E-state index in [4.69, 9.17) is 5.11 Å². The Morgan fingerprint density at radius 3 is 2.60 bits per heavy atom. The number of thioether (sulfide) groups is 1. The van der Waals surface area contributed by atoms with Crippen molar-refractivity contribution in [2.45, 2.75) is 32.1 Å². The Bertz CT molecular complexity index is 217. The molecule has 1 aliphatic heterocycles. The standard InChI is InChI=1S/C10H17NO3S/c12-7-4-2-1-3-6-11-9(13)5-8-15-10(11)14/h12H,1-8H2. The fourth-order valence-corrected chi connectivity index (χ4v) is 2.29. The van der Waals surface area contributed by atoms with Crippen molar-refractivity contribution in [3.8, 4) is 0 Å². The lowest BCUT2D eigenvalue weighted by atomic mass is 10.2. The van der Waals surface area contributed by atoms with Gasteiger partial charge in [0.05, 0.1) is 0 Å². The minimum Gasteiger partial charge on any atom is -0.396 e. The molecule has 0 unspecified atom stereocenters. The second-order valence-electron chi connectivity index (χ2n) is 3.55. The van der Waals surface area contributed by atoms with E-state index in [9.17, 15) is 9.59 Å². The lowest BCUT2D eigenvalue weighted by Gasteiger charge is -2.23. The van der Waals surface area contributed by atoms with Gasteiger partial charge in [0.2, 0.25) is 5.91 Å². The monoisotopic (exact) mass is 231 g/mol. The third kappa shape index (κ3) is 4.22. The van der Waals surface area contributed by atoms with Gasteiger partial charge in [0, 0.05) is 25.3 Å². The first-order chi connectivity index (χ1) is 7.25. The van der Waals surface area contributed by atoms with E-state index in [-0.39, 0.29) is 17.8 Å². The second kappa shape index (κ2) is 6.85. The Hall–Kier alpha value is -0.550. The van der Waals surface area contributed by atoms with Crippen molar-refractivity contribution in [3.63, 3.8) is 0 Å². The molecule has 0 aliphatic carbocycles. The lowest BCUT2D eigenvalue weighted by Crippen LogP contribution is -2.38. The van der Waals surface area contributed by atoms with Gasteiger partial charge in [-0.15, -0.1) is 0 Å². The van der Waals surface area contributed by atoms with Crippen LogP contribution in [0.25, 0.3) is 0 Å². The molecule has 0 bridgehead atoms. The van der Waals surface area contributed by atoms with E-state index in [1.54, 1.807) is 0 Å². The molecule has 0 aromatic carbocycles. The van der Waals surface area contributed by atoms with Gasteiger partial charge < -0.3 is 5.11 Å². The third-order valence-electron chi connectivity index (χ3n) is 2.35. The van der Waals surface area contributed by atoms with Crippen LogP contribution in [0.5, 0.6) is 0 Å². The Morgan fingerprint density at radius 2 is 1.93 bits per heavy atom. The molecule has 0 atom stereocenters. The average Bonchev–Trinajstić information content (AvgIpc) is 2.21. The van der Waals surface area contributed by atoms with E-state index in [0.717, 1.165) is 25.7 Å². The molecule has 0 aromatic heterocycles. The number of hydrogen-bond acceptors (Lipinski definition) is 4. The van der Waals surface area contributed by atoms with Gasteiger partial charge in [-0.3, -0.25) is 14.5 Å². The third-order valence-corrected chi connectivity index (χ3v) is 3.23. The van der Waals surface area contributed by atoms with Crippen LogP contribution in [0, 0.1) is 0 Å². The second-order valence-corrected chi connectivity index (χ2v) is 4.59. The van der Waals surface area contributed by atoms with Gasteiger partial charge in [-0.2, -0.15) is 0 Å². The summed E-state index contributed by atoms with van der Waals surface area (Å²) in [5, 5.41) is 8.47. The largest absolute Gasteiger partial charge is 0.396 e. The van der Waals surface area contributed by atoms with Crippen LogP contribution in [0.1, 0.15) is 32.1 Å². The molecule has 1 rings (SSSR count). The highest BCUT2D eigenvalue weighted by Gasteiger charge is 2.25. The first kappa shape index (κ1) is 12.5. The molecule has 2 amide bonds. The fraction of sp³-hybridized carbons (Fsp3) is 0.800. The lowest BCUT2D eigenvalue weighted by molar-refractivity contribution is -0.127. The van der Waals surface area contributed by atoms with Gasteiger partial charge in [0.15, 0.2) is 0 Å². The predicted octanol–water partition coefficient (Wildman–Crippen LogP) is 1.62. The molecule has 4 nitrogen and oxygen atoms in total. The molecule has 5 heteroatoms. The summed E-state index contributed by atoms with van der Waals surface area (Å²) < 4.78 is 0. The van der Waals surface area contributed by atoms with E-state index < -0.39 is 0 Å². The smallest absolute Gasteiger partial charge is 0.288 e. The zero-order chi connectivity index (χ0) is 11.1. The highest BCUT2D eigenvalue weighted by molar-refractivity contribution is 8.13. The molecule has 1 heterocycles. The molecule has 0 saturated carbocycles. The Labute approximate surface area is 94.0 Å². The van der Waals surface area contributed by atoms with Gasteiger partial charge in [0.25, 0.3) is 5.24 Å². The van der Waals surface area contributed by atoms with Crippen LogP contribution in [-0.2, 0) is 4.79 Å². The summed E-state index contributed by atoms with van der Waals surface area (Å²) in [6.45, 7) is 0.757. The van der Waals surface area contributed by atoms with E-state index in [0.29, 0.717) is 18.7 Å². The van der Waals surface area contributed by atoms with Gasteiger partial charge in [-0.25, -0.2) is 0 Å². The van der Waals surface area contributed by atoms with Crippen LogP contribution >= 0.6 is 11.8 Å². The number of aliphatic hydroxyl groups is 1. The van der Waals surface area contributed by atoms with Gasteiger partial charge >= 0.3 is 0 Å². The van der Waals surface area contributed by atoms with Crippen LogP contribution in [0.2, 0.25) is 0 Å². The van der Waals surface area contributed by atoms with Crippen molar-refractivity contribution in [1.82, 2.24) is 4.90 Å². The van der Waals surface area contributed by atoms with Crippen LogP contribution in [0.15, 0.2) is 0 Å².